The highest BCUT2D eigenvalue weighted by Gasteiger charge is 2.35. The molecule has 1 fully saturated rings. The van der Waals surface area contributed by atoms with Crippen molar-refractivity contribution >= 4 is 17.5 Å². The van der Waals surface area contributed by atoms with E-state index in [1.807, 2.05) is 23.1 Å². The van der Waals surface area contributed by atoms with Gasteiger partial charge >= 0.3 is 6.18 Å². The van der Waals surface area contributed by atoms with Gasteiger partial charge in [-0.15, -0.1) is 10.2 Å². The number of aryl methyl sites for hydroxylation is 2. The maximum atomic E-state index is 13.1. The molecule has 4 aromatic rings. The number of carbonyl (C=O) groups excluding carboxylic acids is 1. The average molecular weight is 558 g/mol. The first-order valence-electron chi connectivity index (χ1n) is 12.2. The maximum absolute atomic E-state index is 13.1. The molecular weight excluding hydrogens is 535 g/mol. The Morgan fingerprint density at radius 2 is 1.77 bits per heavy atom. The third-order valence-corrected chi connectivity index (χ3v) is 6.90. The molecule has 0 saturated carbocycles. The fourth-order valence-corrected chi connectivity index (χ4v) is 4.86. The molecule has 5 rings (SSSR count). The summed E-state index contributed by atoms with van der Waals surface area (Å²) in [6.45, 7) is 4.63. The first-order valence-corrected chi connectivity index (χ1v) is 12.6. The molecule has 9 nitrogen and oxygen atoms in total. The van der Waals surface area contributed by atoms with Crippen LogP contribution in [-0.4, -0.2) is 54.0 Å². The summed E-state index contributed by atoms with van der Waals surface area (Å²) in [6.07, 6.45) is -2.19. The van der Waals surface area contributed by atoms with E-state index in [0.717, 1.165) is 11.8 Å². The van der Waals surface area contributed by atoms with Crippen molar-refractivity contribution in [2.75, 3.05) is 13.1 Å². The Labute approximate surface area is 226 Å². The van der Waals surface area contributed by atoms with Crippen molar-refractivity contribution in [2.45, 2.75) is 45.2 Å². The Kier molecular flexibility index (Phi) is 7.30. The van der Waals surface area contributed by atoms with Crippen molar-refractivity contribution in [3.63, 3.8) is 0 Å². The quantitative estimate of drug-likeness (QED) is 0.328. The Balaban J connectivity index is 1.37. The highest BCUT2D eigenvalue weighted by atomic mass is 35.5. The van der Waals surface area contributed by atoms with E-state index in [9.17, 15) is 18.0 Å². The zero-order valence-corrected chi connectivity index (χ0v) is 21.8. The van der Waals surface area contributed by atoms with Crippen LogP contribution in [0.25, 0.3) is 23.0 Å². The standard InChI is InChI=1S/C26H23ClF3N7O2/c1-14-21(24-36-35-23(39-24)19-7-10-31-25(34-19)26(28,29)30)22(33-15(2)32-14)16-8-11-37(12-9-16)20(38)13-17-5-3-4-6-18(17)27/h3-7,10,16H,8-9,11-13H2,1-2H3. The van der Waals surface area contributed by atoms with Crippen molar-refractivity contribution < 1.29 is 22.4 Å². The molecule has 0 unspecified atom stereocenters. The largest absolute Gasteiger partial charge is 0.451 e. The van der Waals surface area contributed by atoms with Crippen LogP contribution in [0.2, 0.25) is 5.02 Å². The molecule has 13 heteroatoms. The average Bonchev–Trinajstić information content (AvgIpc) is 3.39. The fraction of sp³-hybridized carbons (Fsp3) is 0.346. The maximum Gasteiger partial charge on any atom is 0.451 e. The van der Waals surface area contributed by atoms with E-state index in [1.165, 1.54) is 6.07 Å². The van der Waals surface area contributed by atoms with E-state index < -0.39 is 12.0 Å². The van der Waals surface area contributed by atoms with Crippen LogP contribution in [0.3, 0.4) is 0 Å². The van der Waals surface area contributed by atoms with E-state index in [4.69, 9.17) is 16.0 Å². The highest BCUT2D eigenvalue weighted by molar-refractivity contribution is 6.31. The van der Waals surface area contributed by atoms with Gasteiger partial charge in [-0.2, -0.15) is 13.2 Å². The summed E-state index contributed by atoms with van der Waals surface area (Å²) in [7, 11) is 0. The smallest absolute Gasteiger partial charge is 0.414 e. The summed E-state index contributed by atoms with van der Waals surface area (Å²) < 4.78 is 45.0. The van der Waals surface area contributed by atoms with Crippen molar-refractivity contribution in [1.82, 2.24) is 35.0 Å². The van der Waals surface area contributed by atoms with E-state index in [1.54, 1.807) is 19.9 Å². The highest BCUT2D eigenvalue weighted by Crippen LogP contribution is 2.36. The molecule has 0 aliphatic carbocycles. The number of alkyl halides is 3. The number of benzene rings is 1. The van der Waals surface area contributed by atoms with Crippen LogP contribution in [0.15, 0.2) is 40.9 Å². The molecule has 39 heavy (non-hydrogen) atoms. The van der Waals surface area contributed by atoms with Crippen molar-refractivity contribution in [2.24, 2.45) is 0 Å². The molecule has 1 aromatic carbocycles. The van der Waals surface area contributed by atoms with Gasteiger partial charge in [-0.25, -0.2) is 19.9 Å². The lowest BCUT2D eigenvalue weighted by atomic mass is 9.89. The second-order valence-corrected chi connectivity index (χ2v) is 9.62. The van der Waals surface area contributed by atoms with Gasteiger partial charge in [-0.05, 0) is 44.4 Å². The number of likely N-dealkylation sites (tertiary alicyclic amines) is 1. The number of nitrogens with zero attached hydrogens (tertiary/aromatic N) is 7. The van der Waals surface area contributed by atoms with Crippen LogP contribution in [0, 0.1) is 13.8 Å². The van der Waals surface area contributed by atoms with Gasteiger partial charge in [0.25, 0.3) is 11.8 Å². The van der Waals surface area contributed by atoms with Crippen molar-refractivity contribution in [1.29, 1.82) is 0 Å². The molecule has 1 amide bonds. The summed E-state index contributed by atoms with van der Waals surface area (Å²) in [4.78, 5) is 30.6. The zero-order valence-electron chi connectivity index (χ0n) is 21.0. The van der Waals surface area contributed by atoms with Gasteiger partial charge in [0.2, 0.25) is 11.7 Å². The molecular formula is C26H23ClF3N7O2. The van der Waals surface area contributed by atoms with Gasteiger partial charge in [0.15, 0.2) is 0 Å². The normalized spacial score (nSPS) is 14.6. The number of piperidine rings is 1. The first-order chi connectivity index (χ1) is 18.6. The lowest BCUT2D eigenvalue weighted by Gasteiger charge is -2.32. The number of aromatic nitrogens is 6. The molecule has 0 spiro atoms. The van der Waals surface area contributed by atoms with E-state index in [-0.39, 0.29) is 35.7 Å². The van der Waals surface area contributed by atoms with Gasteiger partial charge in [-0.1, -0.05) is 29.8 Å². The molecule has 0 radical (unpaired) electrons. The third kappa shape index (κ3) is 5.75. The molecule has 1 aliphatic heterocycles. The number of halogens is 4. The summed E-state index contributed by atoms with van der Waals surface area (Å²) in [6, 6.07) is 8.55. The predicted molar refractivity (Wildman–Crippen MR) is 135 cm³/mol. The van der Waals surface area contributed by atoms with Gasteiger partial charge < -0.3 is 9.32 Å². The Morgan fingerprint density at radius 1 is 1.05 bits per heavy atom. The summed E-state index contributed by atoms with van der Waals surface area (Å²) >= 11 is 6.22. The topological polar surface area (TPSA) is 111 Å². The van der Waals surface area contributed by atoms with Crippen LogP contribution < -0.4 is 0 Å². The van der Waals surface area contributed by atoms with E-state index in [2.05, 4.69) is 30.1 Å². The first kappa shape index (κ1) is 26.7. The Morgan fingerprint density at radius 3 is 2.49 bits per heavy atom. The molecule has 0 bridgehead atoms. The number of hydrogen-bond donors (Lipinski definition) is 0. The lowest BCUT2D eigenvalue weighted by Crippen LogP contribution is -2.39. The van der Waals surface area contributed by atoms with Crippen molar-refractivity contribution in [3.8, 4) is 23.0 Å². The molecule has 0 N–H and O–H groups in total. The second kappa shape index (κ2) is 10.7. The SMILES string of the molecule is Cc1nc(C)c(-c2nnc(-c3ccnc(C(F)(F)F)n3)o2)c(C2CCN(C(=O)Cc3ccccc3Cl)CC2)n1. The second-order valence-electron chi connectivity index (χ2n) is 9.22. The van der Waals surface area contributed by atoms with Gasteiger partial charge in [0, 0.05) is 30.2 Å². The molecule has 1 aliphatic rings. The molecule has 202 valence electrons. The van der Waals surface area contributed by atoms with Gasteiger partial charge in [-0.3, -0.25) is 4.79 Å². The molecule has 4 heterocycles. The van der Waals surface area contributed by atoms with Crippen molar-refractivity contribution in [3.05, 3.63) is 70.2 Å². The van der Waals surface area contributed by atoms with Gasteiger partial charge in [0.05, 0.1) is 23.4 Å². The molecule has 0 atom stereocenters. The van der Waals surface area contributed by atoms with Crippen LogP contribution in [0.5, 0.6) is 0 Å². The zero-order chi connectivity index (χ0) is 27.7. The van der Waals surface area contributed by atoms with Gasteiger partial charge in [0.1, 0.15) is 11.5 Å². The number of rotatable bonds is 5. The summed E-state index contributed by atoms with van der Waals surface area (Å²) in [5, 5.41) is 8.57. The predicted octanol–water partition coefficient (Wildman–Crippen LogP) is 5.22. The number of carbonyl (C=O) groups is 1. The Bertz CT molecular complexity index is 1520. The van der Waals surface area contributed by atoms with E-state index >= 15 is 0 Å². The third-order valence-electron chi connectivity index (χ3n) is 6.53. The summed E-state index contributed by atoms with van der Waals surface area (Å²) in [5.74, 6) is -0.844. The minimum atomic E-state index is -4.71. The van der Waals surface area contributed by atoms with Crippen LogP contribution >= 0.6 is 11.6 Å². The lowest BCUT2D eigenvalue weighted by molar-refractivity contribution is -0.144. The van der Waals surface area contributed by atoms with E-state index in [0.29, 0.717) is 53.7 Å². The summed E-state index contributed by atoms with van der Waals surface area (Å²) in [5.41, 5.74) is 2.48. The Hall–Kier alpha value is -3.93. The minimum absolute atomic E-state index is 0.00134. The number of amides is 1. The monoisotopic (exact) mass is 557 g/mol. The molecule has 1 saturated heterocycles. The fourth-order valence-electron chi connectivity index (χ4n) is 4.66. The number of hydrogen-bond acceptors (Lipinski definition) is 8. The molecule has 3 aromatic heterocycles. The minimum Gasteiger partial charge on any atom is -0.414 e. The van der Waals surface area contributed by atoms with Crippen LogP contribution in [0.1, 0.15) is 47.4 Å². The van der Waals surface area contributed by atoms with Crippen LogP contribution in [-0.2, 0) is 17.4 Å². The van der Waals surface area contributed by atoms with Crippen LogP contribution in [0.4, 0.5) is 13.2 Å².